The third-order valence-corrected chi connectivity index (χ3v) is 6.62. The highest BCUT2D eigenvalue weighted by molar-refractivity contribution is 7.89. The van der Waals surface area contributed by atoms with E-state index in [0.717, 1.165) is 13.1 Å². The second kappa shape index (κ2) is 7.40. The van der Waals surface area contributed by atoms with E-state index < -0.39 is 10.0 Å². The average Bonchev–Trinajstić information content (AvgIpc) is 2.58. The van der Waals surface area contributed by atoms with Gasteiger partial charge in [0.1, 0.15) is 4.64 Å². The van der Waals surface area contributed by atoms with Crippen LogP contribution in [0.15, 0.2) is 23.2 Å². The first-order chi connectivity index (χ1) is 11.1. The SMILES string of the molecule is O=S(=O)(c1ccc(=S)n(CN2CCCCC2)c1)N1CCOCC1. The number of hydrogen-bond acceptors (Lipinski definition) is 5. The number of aromatic nitrogens is 1. The van der Waals surface area contributed by atoms with Crippen LogP contribution >= 0.6 is 12.2 Å². The second-order valence-electron chi connectivity index (χ2n) is 6.01. The molecule has 0 saturated carbocycles. The maximum Gasteiger partial charge on any atom is 0.244 e. The predicted molar refractivity (Wildman–Crippen MR) is 90.3 cm³/mol. The summed E-state index contributed by atoms with van der Waals surface area (Å²) in [6, 6.07) is 3.33. The minimum Gasteiger partial charge on any atom is -0.379 e. The van der Waals surface area contributed by atoms with Gasteiger partial charge in [-0.3, -0.25) is 4.90 Å². The first-order valence-electron chi connectivity index (χ1n) is 8.08. The molecule has 0 aliphatic carbocycles. The van der Waals surface area contributed by atoms with Crippen molar-refractivity contribution in [2.45, 2.75) is 30.8 Å². The first kappa shape index (κ1) is 17.0. The fraction of sp³-hybridized carbons (Fsp3) is 0.667. The molecule has 23 heavy (non-hydrogen) atoms. The summed E-state index contributed by atoms with van der Waals surface area (Å²) in [5.41, 5.74) is 0. The molecule has 0 aromatic carbocycles. The van der Waals surface area contributed by atoms with Gasteiger partial charge in [-0.2, -0.15) is 4.31 Å². The van der Waals surface area contributed by atoms with Crippen LogP contribution in [-0.2, 0) is 21.4 Å². The van der Waals surface area contributed by atoms with Gasteiger partial charge in [-0.05, 0) is 38.1 Å². The van der Waals surface area contributed by atoms with Crippen LogP contribution in [0.1, 0.15) is 19.3 Å². The standard InChI is InChI=1S/C15H23N3O3S2/c19-23(20,18-8-10-21-11-9-18)14-4-5-15(22)17(12-14)13-16-6-2-1-3-7-16/h4-5,12H,1-3,6-11,13H2. The van der Waals surface area contributed by atoms with Crippen molar-refractivity contribution in [3.05, 3.63) is 23.0 Å². The molecule has 2 saturated heterocycles. The quantitative estimate of drug-likeness (QED) is 0.768. The molecule has 2 aliphatic heterocycles. The van der Waals surface area contributed by atoms with Crippen molar-refractivity contribution in [3.8, 4) is 0 Å². The summed E-state index contributed by atoms with van der Waals surface area (Å²) in [5.74, 6) is 0. The molecule has 3 rings (SSSR count). The van der Waals surface area contributed by atoms with Crippen molar-refractivity contribution < 1.29 is 13.2 Å². The molecule has 0 radical (unpaired) electrons. The van der Waals surface area contributed by atoms with E-state index in [1.54, 1.807) is 18.3 Å². The molecule has 6 nitrogen and oxygen atoms in total. The van der Waals surface area contributed by atoms with Crippen molar-refractivity contribution in [2.24, 2.45) is 0 Å². The summed E-state index contributed by atoms with van der Waals surface area (Å²) in [6.45, 7) is 4.46. The van der Waals surface area contributed by atoms with Crippen LogP contribution in [0.2, 0.25) is 0 Å². The van der Waals surface area contributed by atoms with Crippen LogP contribution in [0.25, 0.3) is 0 Å². The second-order valence-corrected chi connectivity index (χ2v) is 8.37. The lowest BCUT2D eigenvalue weighted by atomic mass is 10.1. The average molecular weight is 358 g/mol. The van der Waals surface area contributed by atoms with Gasteiger partial charge in [0, 0.05) is 19.3 Å². The zero-order chi connectivity index (χ0) is 16.3. The van der Waals surface area contributed by atoms with Crippen molar-refractivity contribution in [3.63, 3.8) is 0 Å². The van der Waals surface area contributed by atoms with Gasteiger partial charge in [-0.25, -0.2) is 8.42 Å². The van der Waals surface area contributed by atoms with E-state index in [0.29, 0.717) is 42.5 Å². The fourth-order valence-corrected chi connectivity index (χ4v) is 4.63. The van der Waals surface area contributed by atoms with Gasteiger partial charge in [0.2, 0.25) is 10.0 Å². The van der Waals surface area contributed by atoms with E-state index in [1.165, 1.54) is 23.6 Å². The highest BCUT2D eigenvalue weighted by Crippen LogP contribution is 2.18. The largest absolute Gasteiger partial charge is 0.379 e. The Morgan fingerprint density at radius 1 is 1.04 bits per heavy atom. The minimum absolute atomic E-state index is 0.310. The van der Waals surface area contributed by atoms with Gasteiger partial charge >= 0.3 is 0 Å². The Morgan fingerprint density at radius 3 is 2.43 bits per heavy atom. The smallest absolute Gasteiger partial charge is 0.244 e. The molecular formula is C15H23N3O3S2. The molecule has 0 N–H and O–H groups in total. The third-order valence-electron chi connectivity index (χ3n) is 4.37. The number of rotatable bonds is 4. The molecule has 8 heteroatoms. The van der Waals surface area contributed by atoms with Crippen LogP contribution < -0.4 is 0 Å². The molecule has 128 valence electrons. The van der Waals surface area contributed by atoms with Gasteiger partial charge in [-0.1, -0.05) is 18.6 Å². The van der Waals surface area contributed by atoms with Gasteiger partial charge < -0.3 is 9.30 Å². The Hall–Kier alpha value is -0.800. The fourth-order valence-electron chi connectivity index (χ4n) is 3.02. The van der Waals surface area contributed by atoms with E-state index in [-0.39, 0.29) is 0 Å². The van der Waals surface area contributed by atoms with Crippen LogP contribution in [0, 0.1) is 4.64 Å². The molecule has 0 bridgehead atoms. The molecule has 2 aliphatic rings. The zero-order valence-corrected chi connectivity index (χ0v) is 14.8. The molecule has 1 aromatic heterocycles. The molecule has 3 heterocycles. The third kappa shape index (κ3) is 4.00. The Kier molecular flexibility index (Phi) is 5.48. The monoisotopic (exact) mass is 357 g/mol. The summed E-state index contributed by atoms with van der Waals surface area (Å²) >= 11 is 5.37. The summed E-state index contributed by atoms with van der Waals surface area (Å²) in [6.07, 6.45) is 5.34. The molecule has 0 atom stereocenters. The molecule has 0 spiro atoms. The normalized spacial score (nSPS) is 21.4. The Balaban J connectivity index is 1.82. The summed E-state index contributed by atoms with van der Waals surface area (Å²) in [7, 11) is -3.47. The molecule has 0 unspecified atom stereocenters. The van der Waals surface area contributed by atoms with Crippen molar-refractivity contribution in [1.29, 1.82) is 0 Å². The van der Waals surface area contributed by atoms with Gasteiger partial charge in [0.25, 0.3) is 0 Å². The number of pyridine rings is 1. The Labute approximate surface area is 142 Å². The minimum atomic E-state index is -3.47. The number of hydrogen-bond donors (Lipinski definition) is 0. The van der Waals surface area contributed by atoms with Crippen LogP contribution in [0.5, 0.6) is 0 Å². The van der Waals surface area contributed by atoms with E-state index in [2.05, 4.69) is 4.90 Å². The summed E-state index contributed by atoms with van der Waals surface area (Å²) in [5, 5.41) is 0. The van der Waals surface area contributed by atoms with Crippen molar-refractivity contribution in [2.75, 3.05) is 39.4 Å². The van der Waals surface area contributed by atoms with Crippen molar-refractivity contribution >= 4 is 22.2 Å². The van der Waals surface area contributed by atoms with E-state index in [9.17, 15) is 8.42 Å². The number of sulfonamides is 1. The van der Waals surface area contributed by atoms with Crippen LogP contribution in [-0.4, -0.2) is 61.6 Å². The summed E-state index contributed by atoms with van der Waals surface area (Å²) < 4.78 is 34.8. The van der Waals surface area contributed by atoms with Crippen molar-refractivity contribution in [1.82, 2.24) is 13.8 Å². The molecule has 2 fully saturated rings. The van der Waals surface area contributed by atoms with Gasteiger partial charge in [0.05, 0.1) is 24.8 Å². The predicted octanol–water partition coefficient (Wildman–Crippen LogP) is 1.68. The van der Waals surface area contributed by atoms with E-state index in [1.807, 2.05) is 4.57 Å². The molecule has 1 aromatic rings. The first-order valence-corrected chi connectivity index (χ1v) is 9.93. The lowest BCUT2D eigenvalue weighted by molar-refractivity contribution is 0.0730. The Bertz CT molecular complexity index is 690. The lowest BCUT2D eigenvalue weighted by Crippen LogP contribution is -2.40. The number of piperidine rings is 1. The maximum atomic E-state index is 12.8. The summed E-state index contributed by atoms with van der Waals surface area (Å²) in [4.78, 5) is 2.63. The van der Waals surface area contributed by atoms with E-state index in [4.69, 9.17) is 17.0 Å². The van der Waals surface area contributed by atoms with Gasteiger partial charge in [-0.15, -0.1) is 0 Å². The highest BCUT2D eigenvalue weighted by atomic mass is 32.2. The number of ether oxygens (including phenoxy) is 1. The van der Waals surface area contributed by atoms with Crippen LogP contribution in [0.4, 0.5) is 0 Å². The molecule has 0 amide bonds. The number of morpholine rings is 1. The highest BCUT2D eigenvalue weighted by Gasteiger charge is 2.26. The Morgan fingerprint density at radius 2 is 1.74 bits per heavy atom. The van der Waals surface area contributed by atoms with Gasteiger partial charge in [0.15, 0.2) is 0 Å². The maximum absolute atomic E-state index is 12.8. The number of nitrogens with zero attached hydrogens (tertiary/aromatic N) is 3. The number of likely N-dealkylation sites (tertiary alicyclic amines) is 1. The molecular weight excluding hydrogens is 334 g/mol. The van der Waals surface area contributed by atoms with Crippen LogP contribution in [0.3, 0.4) is 0 Å². The van der Waals surface area contributed by atoms with E-state index >= 15 is 0 Å². The topological polar surface area (TPSA) is 54.8 Å². The zero-order valence-electron chi connectivity index (χ0n) is 13.2. The lowest BCUT2D eigenvalue weighted by Gasteiger charge is -2.28.